The number of rotatable bonds is 3. The van der Waals surface area contributed by atoms with Crippen LogP contribution in [0.25, 0.3) is 98.8 Å². The molecule has 0 aliphatic carbocycles. The first kappa shape index (κ1) is 25.2. The van der Waals surface area contributed by atoms with Crippen LogP contribution in [0, 0.1) is 0 Å². The van der Waals surface area contributed by atoms with Gasteiger partial charge in [0.05, 0.1) is 5.39 Å². The second-order valence-electron chi connectivity index (χ2n) is 12.0. The van der Waals surface area contributed by atoms with Gasteiger partial charge in [-0.05, 0) is 67.6 Å². The molecule has 8 aromatic carbocycles. The lowest BCUT2D eigenvalue weighted by Gasteiger charge is -2.18. The summed E-state index contributed by atoms with van der Waals surface area (Å²) >= 11 is 0. The fourth-order valence-electron chi connectivity index (χ4n) is 7.45. The fraction of sp³-hybridized carbons (Fsp3) is 0. The molecule has 0 aliphatic rings. The van der Waals surface area contributed by atoms with Crippen molar-refractivity contribution < 1.29 is 8.83 Å². The molecule has 2 heteroatoms. The lowest BCUT2D eigenvalue weighted by Crippen LogP contribution is -1.90. The Morgan fingerprint density at radius 3 is 1.35 bits per heavy atom. The van der Waals surface area contributed by atoms with Crippen molar-refractivity contribution in [3.8, 4) is 33.4 Å². The third-order valence-electron chi connectivity index (χ3n) is 9.47. The van der Waals surface area contributed by atoms with Gasteiger partial charge in [-0.15, -0.1) is 0 Å². The van der Waals surface area contributed by atoms with Crippen LogP contribution in [0.5, 0.6) is 0 Å². The quantitative estimate of drug-likeness (QED) is 0.193. The Morgan fingerprint density at radius 1 is 0.304 bits per heavy atom. The topological polar surface area (TPSA) is 26.3 Å². The van der Waals surface area contributed by atoms with Crippen LogP contribution in [0.4, 0.5) is 0 Å². The van der Waals surface area contributed by atoms with Gasteiger partial charge < -0.3 is 8.83 Å². The molecule has 214 valence electrons. The Bertz CT molecular complexity index is 2720. The van der Waals surface area contributed by atoms with Gasteiger partial charge in [-0.3, -0.25) is 0 Å². The number of hydrogen-bond acceptors (Lipinski definition) is 2. The second-order valence-corrected chi connectivity index (χ2v) is 12.0. The van der Waals surface area contributed by atoms with Crippen molar-refractivity contribution in [3.05, 3.63) is 158 Å². The lowest BCUT2D eigenvalue weighted by molar-refractivity contribution is 0.663. The highest BCUT2D eigenvalue weighted by molar-refractivity contribution is 6.25. The van der Waals surface area contributed by atoms with E-state index in [-0.39, 0.29) is 0 Å². The third kappa shape index (κ3) is 3.59. The Labute approximate surface area is 264 Å². The summed E-state index contributed by atoms with van der Waals surface area (Å²) in [5.74, 6) is 0. The molecule has 10 aromatic rings. The molecule has 46 heavy (non-hydrogen) atoms. The standard InChI is InChI=1S/C44H26O2/c1-2-12-28(13-3-1)40-31-15-4-6-17-33(31)41(34-18-7-5-16-32(34)40)29-24-22-27(23-25-29)36-26-37-30-14-8-10-20-38(30)45-44(37)42-35-19-9-11-21-39(35)46-43(36)42/h1-26H. The van der Waals surface area contributed by atoms with Crippen molar-refractivity contribution >= 4 is 65.4 Å². The summed E-state index contributed by atoms with van der Waals surface area (Å²) in [5, 5.41) is 9.31. The maximum Gasteiger partial charge on any atom is 0.147 e. The van der Waals surface area contributed by atoms with Crippen LogP contribution >= 0.6 is 0 Å². The summed E-state index contributed by atoms with van der Waals surface area (Å²) in [4.78, 5) is 0. The molecule has 0 aliphatic heterocycles. The van der Waals surface area contributed by atoms with E-state index in [0.29, 0.717) is 0 Å². The third-order valence-corrected chi connectivity index (χ3v) is 9.47. The van der Waals surface area contributed by atoms with Crippen molar-refractivity contribution in [3.63, 3.8) is 0 Å². The van der Waals surface area contributed by atoms with E-state index in [9.17, 15) is 0 Å². The fourth-order valence-corrected chi connectivity index (χ4v) is 7.45. The Kier molecular flexibility index (Phi) is 5.31. The predicted molar refractivity (Wildman–Crippen MR) is 192 cm³/mol. The number of benzene rings is 8. The molecule has 0 spiro atoms. The Balaban J connectivity index is 1.22. The summed E-state index contributed by atoms with van der Waals surface area (Å²) in [6.07, 6.45) is 0. The van der Waals surface area contributed by atoms with Gasteiger partial charge in [0, 0.05) is 21.7 Å². The van der Waals surface area contributed by atoms with E-state index >= 15 is 0 Å². The van der Waals surface area contributed by atoms with Gasteiger partial charge in [-0.25, -0.2) is 0 Å². The number of furan rings is 2. The molecule has 0 N–H and O–H groups in total. The summed E-state index contributed by atoms with van der Waals surface area (Å²) in [6, 6.07) is 56.1. The minimum atomic E-state index is 0.851. The molecule has 0 unspecified atom stereocenters. The Hall–Kier alpha value is -6.12. The van der Waals surface area contributed by atoms with E-state index in [0.717, 1.165) is 55.0 Å². The predicted octanol–water partition coefficient (Wildman–Crippen LogP) is 12.8. The van der Waals surface area contributed by atoms with Gasteiger partial charge in [0.25, 0.3) is 0 Å². The van der Waals surface area contributed by atoms with E-state index in [2.05, 4.69) is 133 Å². The first-order chi connectivity index (χ1) is 22.8. The van der Waals surface area contributed by atoms with Crippen molar-refractivity contribution in [1.82, 2.24) is 0 Å². The van der Waals surface area contributed by atoms with Gasteiger partial charge in [-0.2, -0.15) is 0 Å². The highest BCUT2D eigenvalue weighted by Crippen LogP contribution is 2.46. The minimum Gasteiger partial charge on any atom is -0.455 e. The maximum atomic E-state index is 6.57. The van der Waals surface area contributed by atoms with Crippen LogP contribution in [0.2, 0.25) is 0 Å². The molecule has 2 aromatic heterocycles. The van der Waals surface area contributed by atoms with E-state index in [1.807, 2.05) is 24.3 Å². The summed E-state index contributed by atoms with van der Waals surface area (Å²) in [5.41, 5.74) is 10.6. The number of para-hydroxylation sites is 2. The van der Waals surface area contributed by atoms with Gasteiger partial charge in [0.1, 0.15) is 22.3 Å². The van der Waals surface area contributed by atoms with Gasteiger partial charge in [0.2, 0.25) is 0 Å². The molecule has 0 radical (unpaired) electrons. The van der Waals surface area contributed by atoms with Crippen LogP contribution in [-0.4, -0.2) is 0 Å². The van der Waals surface area contributed by atoms with Crippen LogP contribution < -0.4 is 0 Å². The molecule has 0 saturated carbocycles. The summed E-state index contributed by atoms with van der Waals surface area (Å²) in [6.45, 7) is 0. The van der Waals surface area contributed by atoms with E-state index in [4.69, 9.17) is 8.83 Å². The zero-order valence-corrected chi connectivity index (χ0v) is 24.8. The molecule has 0 saturated heterocycles. The highest BCUT2D eigenvalue weighted by Gasteiger charge is 2.21. The van der Waals surface area contributed by atoms with E-state index < -0.39 is 0 Å². The lowest BCUT2D eigenvalue weighted by atomic mass is 9.85. The maximum absolute atomic E-state index is 6.57. The molecular formula is C44H26O2. The van der Waals surface area contributed by atoms with Crippen LogP contribution in [0.3, 0.4) is 0 Å². The smallest absolute Gasteiger partial charge is 0.147 e. The monoisotopic (exact) mass is 586 g/mol. The summed E-state index contributed by atoms with van der Waals surface area (Å²) < 4.78 is 13.0. The Morgan fingerprint density at radius 2 is 0.739 bits per heavy atom. The normalized spacial score (nSPS) is 11.9. The average Bonchev–Trinajstić information content (AvgIpc) is 3.69. The molecule has 0 fully saturated rings. The van der Waals surface area contributed by atoms with Gasteiger partial charge >= 0.3 is 0 Å². The van der Waals surface area contributed by atoms with Gasteiger partial charge in [-0.1, -0.05) is 140 Å². The van der Waals surface area contributed by atoms with Crippen molar-refractivity contribution in [2.24, 2.45) is 0 Å². The van der Waals surface area contributed by atoms with Crippen molar-refractivity contribution in [2.45, 2.75) is 0 Å². The van der Waals surface area contributed by atoms with E-state index in [1.165, 1.54) is 43.8 Å². The molecular weight excluding hydrogens is 560 g/mol. The zero-order chi connectivity index (χ0) is 30.2. The zero-order valence-electron chi connectivity index (χ0n) is 24.8. The molecule has 2 nitrogen and oxygen atoms in total. The highest BCUT2D eigenvalue weighted by atomic mass is 16.3. The molecule has 0 amide bonds. The van der Waals surface area contributed by atoms with Crippen molar-refractivity contribution in [1.29, 1.82) is 0 Å². The number of hydrogen-bond donors (Lipinski definition) is 0. The van der Waals surface area contributed by atoms with Crippen LogP contribution in [0.1, 0.15) is 0 Å². The molecule has 0 atom stereocenters. The number of fused-ring (bicyclic) bond motifs is 9. The SMILES string of the molecule is c1ccc(-c2c3ccccc3c(-c3ccc(-c4cc5c6ccccc6oc5c5c4oc4ccccc45)cc3)c3ccccc23)cc1. The second kappa shape index (κ2) is 9.69. The minimum absolute atomic E-state index is 0.851. The van der Waals surface area contributed by atoms with Crippen molar-refractivity contribution in [2.75, 3.05) is 0 Å². The van der Waals surface area contributed by atoms with Crippen LogP contribution in [-0.2, 0) is 0 Å². The largest absolute Gasteiger partial charge is 0.455 e. The summed E-state index contributed by atoms with van der Waals surface area (Å²) in [7, 11) is 0. The molecule has 10 rings (SSSR count). The molecule has 0 bridgehead atoms. The first-order valence-corrected chi connectivity index (χ1v) is 15.7. The van der Waals surface area contributed by atoms with Crippen LogP contribution in [0.15, 0.2) is 167 Å². The average molecular weight is 587 g/mol. The van der Waals surface area contributed by atoms with Gasteiger partial charge in [0.15, 0.2) is 0 Å². The first-order valence-electron chi connectivity index (χ1n) is 15.7. The van der Waals surface area contributed by atoms with E-state index in [1.54, 1.807) is 0 Å². The molecule has 2 heterocycles.